The summed E-state index contributed by atoms with van der Waals surface area (Å²) in [5.74, 6) is 1.10. The molecule has 1 aliphatic carbocycles. The number of sulfonamides is 1. The van der Waals surface area contributed by atoms with Crippen LogP contribution in [0.3, 0.4) is 0 Å². The lowest BCUT2D eigenvalue weighted by Gasteiger charge is -2.47. The van der Waals surface area contributed by atoms with E-state index in [0.29, 0.717) is 35.2 Å². The Morgan fingerprint density at radius 3 is 2.32 bits per heavy atom. The van der Waals surface area contributed by atoms with Gasteiger partial charge >= 0.3 is 0 Å². The maximum Gasteiger partial charge on any atom is 0.243 e. The summed E-state index contributed by atoms with van der Waals surface area (Å²) in [5.41, 5.74) is 1.39. The quantitative estimate of drug-likeness (QED) is 0.834. The second-order valence-electron chi connectivity index (χ2n) is 6.69. The van der Waals surface area contributed by atoms with E-state index in [1.54, 1.807) is 16.4 Å². The van der Waals surface area contributed by atoms with Crippen molar-refractivity contribution < 1.29 is 8.42 Å². The van der Waals surface area contributed by atoms with E-state index in [9.17, 15) is 8.42 Å². The molecular formula is C15H21NO2S. The fourth-order valence-corrected chi connectivity index (χ4v) is 5.17. The largest absolute Gasteiger partial charge is 0.243 e. The van der Waals surface area contributed by atoms with Gasteiger partial charge in [-0.05, 0) is 42.7 Å². The number of aryl methyl sites for hydroxylation is 1. The molecule has 0 radical (unpaired) electrons. The van der Waals surface area contributed by atoms with Gasteiger partial charge in [-0.1, -0.05) is 31.5 Å². The molecule has 1 aromatic carbocycles. The van der Waals surface area contributed by atoms with E-state index in [2.05, 4.69) is 13.8 Å². The Balaban J connectivity index is 1.85. The van der Waals surface area contributed by atoms with Crippen molar-refractivity contribution in [3.63, 3.8) is 0 Å². The number of benzene rings is 1. The van der Waals surface area contributed by atoms with E-state index in [1.165, 1.54) is 0 Å². The maximum absolute atomic E-state index is 12.6. The lowest BCUT2D eigenvalue weighted by atomic mass is 9.57. The number of hydrogen-bond acceptors (Lipinski definition) is 2. The Morgan fingerprint density at radius 1 is 1.16 bits per heavy atom. The molecule has 0 amide bonds. The molecule has 0 bridgehead atoms. The number of hydrogen-bond donors (Lipinski definition) is 0. The van der Waals surface area contributed by atoms with E-state index in [4.69, 9.17) is 0 Å². The molecule has 2 aliphatic rings. The first-order chi connectivity index (χ1) is 8.80. The summed E-state index contributed by atoms with van der Waals surface area (Å²) < 4.78 is 26.9. The van der Waals surface area contributed by atoms with Crippen molar-refractivity contribution >= 4 is 10.0 Å². The van der Waals surface area contributed by atoms with Gasteiger partial charge in [-0.3, -0.25) is 0 Å². The first-order valence-electron chi connectivity index (χ1n) is 6.87. The number of fused-ring (bicyclic) bond motifs is 1. The topological polar surface area (TPSA) is 37.4 Å². The highest BCUT2D eigenvalue weighted by Crippen LogP contribution is 2.54. The molecule has 2 fully saturated rings. The molecule has 1 aromatic rings. The molecule has 0 aromatic heterocycles. The van der Waals surface area contributed by atoms with Gasteiger partial charge < -0.3 is 0 Å². The van der Waals surface area contributed by atoms with E-state index in [0.717, 1.165) is 12.0 Å². The molecule has 2 atom stereocenters. The van der Waals surface area contributed by atoms with Crippen LogP contribution in [0.15, 0.2) is 29.2 Å². The van der Waals surface area contributed by atoms with Crippen LogP contribution in [0.2, 0.25) is 0 Å². The van der Waals surface area contributed by atoms with Gasteiger partial charge in [0.15, 0.2) is 0 Å². The van der Waals surface area contributed by atoms with Crippen LogP contribution in [0.25, 0.3) is 0 Å². The van der Waals surface area contributed by atoms with Gasteiger partial charge in [0.25, 0.3) is 0 Å². The molecule has 0 N–H and O–H groups in total. The summed E-state index contributed by atoms with van der Waals surface area (Å²) in [7, 11) is -3.30. The van der Waals surface area contributed by atoms with Gasteiger partial charge in [0, 0.05) is 13.1 Å². The Kier molecular flexibility index (Phi) is 2.81. The zero-order chi connectivity index (χ0) is 13.8. The molecule has 3 nitrogen and oxygen atoms in total. The third-order valence-electron chi connectivity index (χ3n) is 4.86. The van der Waals surface area contributed by atoms with E-state index in [-0.39, 0.29) is 0 Å². The third-order valence-corrected chi connectivity index (χ3v) is 6.70. The second kappa shape index (κ2) is 4.06. The summed E-state index contributed by atoms with van der Waals surface area (Å²) in [6.45, 7) is 7.85. The Hall–Kier alpha value is -0.870. The molecule has 104 valence electrons. The Morgan fingerprint density at radius 2 is 1.79 bits per heavy atom. The summed E-state index contributed by atoms with van der Waals surface area (Å²) in [5, 5.41) is 0. The van der Waals surface area contributed by atoms with Crippen LogP contribution in [-0.2, 0) is 10.0 Å². The van der Waals surface area contributed by atoms with Crippen LogP contribution in [0, 0.1) is 24.2 Å². The predicted molar refractivity (Wildman–Crippen MR) is 75.3 cm³/mol. The highest BCUT2D eigenvalue weighted by Gasteiger charge is 2.54. The minimum atomic E-state index is -3.30. The van der Waals surface area contributed by atoms with Crippen molar-refractivity contribution in [2.24, 2.45) is 17.3 Å². The minimum absolute atomic E-state index is 0.308. The van der Waals surface area contributed by atoms with Gasteiger partial charge in [-0.15, -0.1) is 0 Å². The van der Waals surface area contributed by atoms with Crippen molar-refractivity contribution in [3.8, 4) is 0 Å². The molecule has 4 heteroatoms. The smallest absolute Gasteiger partial charge is 0.207 e. The SMILES string of the molecule is Cc1ccc(S(=O)(=O)N2C[C@H]3CC(C)(C)[C@H]3C2)cc1. The molecule has 1 aliphatic heterocycles. The van der Waals surface area contributed by atoms with Crippen LogP contribution in [-0.4, -0.2) is 25.8 Å². The summed E-state index contributed by atoms with van der Waals surface area (Å²) in [4.78, 5) is 0.428. The zero-order valence-electron chi connectivity index (χ0n) is 11.8. The molecule has 3 rings (SSSR count). The van der Waals surface area contributed by atoms with Crippen LogP contribution in [0.1, 0.15) is 25.8 Å². The third kappa shape index (κ3) is 2.01. The molecule has 0 spiro atoms. The van der Waals surface area contributed by atoms with Crippen molar-refractivity contribution in [1.82, 2.24) is 4.31 Å². The standard InChI is InChI=1S/C15H21NO2S/c1-11-4-6-13(7-5-11)19(17,18)16-9-12-8-15(2,3)14(12)10-16/h4-7,12,14H,8-10H2,1-3H3/t12-,14+/m1/s1. The van der Waals surface area contributed by atoms with Gasteiger partial charge in [0.2, 0.25) is 10.0 Å². The number of nitrogens with zero attached hydrogens (tertiary/aromatic N) is 1. The predicted octanol–water partition coefficient (Wildman–Crippen LogP) is 2.66. The van der Waals surface area contributed by atoms with Crippen LogP contribution in [0.4, 0.5) is 0 Å². The van der Waals surface area contributed by atoms with Crippen LogP contribution < -0.4 is 0 Å². The maximum atomic E-state index is 12.6. The van der Waals surface area contributed by atoms with Gasteiger partial charge in [0.1, 0.15) is 0 Å². The first-order valence-corrected chi connectivity index (χ1v) is 8.31. The number of rotatable bonds is 2. The average molecular weight is 279 g/mol. The molecular weight excluding hydrogens is 258 g/mol. The summed E-state index contributed by atoms with van der Waals surface area (Å²) >= 11 is 0. The Labute approximate surface area is 115 Å². The normalized spacial score (nSPS) is 29.8. The fourth-order valence-electron chi connectivity index (χ4n) is 3.65. The lowest BCUT2D eigenvalue weighted by molar-refractivity contribution is 0.0297. The van der Waals surface area contributed by atoms with Gasteiger partial charge in [0.05, 0.1) is 4.90 Å². The molecule has 0 unspecified atom stereocenters. The van der Waals surface area contributed by atoms with Crippen molar-refractivity contribution in [2.75, 3.05) is 13.1 Å². The van der Waals surface area contributed by atoms with E-state index in [1.807, 2.05) is 19.1 Å². The molecule has 1 saturated heterocycles. The fraction of sp³-hybridized carbons (Fsp3) is 0.600. The minimum Gasteiger partial charge on any atom is -0.207 e. The zero-order valence-corrected chi connectivity index (χ0v) is 12.6. The average Bonchev–Trinajstić information content (AvgIpc) is 2.70. The highest BCUT2D eigenvalue weighted by atomic mass is 32.2. The Bertz CT molecular complexity index is 589. The lowest BCUT2D eigenvalue weighted by Crippen LogP contribution is -2.42. The van der Waals surface area contributed by atoms with Crippen molar-refractivity contribution in [1.29, 1.82) is 0 Å². The molecule has 1 saturated carbocycles. The first kappa shape index (κ1) is 13.1. The van der Waals surface area contributed by atoms with E-state index < -0.39 is 10.0 Å². The summed E-state index contributed by atoms with van der Waals surface area (Å²) in [6, 6.07) is 7.16. The van der Waals surface area contributed by atoms with Crippen molar-refractivity contribution in [3.05, 3.63) is 29.8 Å². The van der Waals surface area contributed by atoms with Gasteiger partial charge in [-0.25, -0.2) is 8.42 Å². The van der Waals surface area contributed by atoms with Gasteiger partial charge in [-0.2, -0.15) is 4.31 Å². The monoisotopic (exact) mass is 279 g/mol. The van der Waals surface area contributed by atoms with E-state index >= 15 is 0 Å². The van der Waals surface area contributed by atoms with Crippen LogP contribution in [0.5, 0.6) is 0 Å². The van der Waals surface area contributed by atoms with Crippen LogP contribution >= 0.6 is 0 Å². The highest BCUT2D eigenvalue weighted by molar-refractivity contribution is 7.89. The summed E-state index contributed by atoms with van der Waals surface area (Å²) in [6.07, 6.45) is 1.15. The molecule has 1 heterocycles. The second-order valence-corrected chi connectivity index (χ2v) is 8.63. The van der Waals surface area contributed by atoms with Crippen molar-refractivity contribution in [2.45, 2.75) is 32.1 Å². The molecule has 19 heavy (non-hydrogen) atoms.